The van der Waals surface area contributed by atoms with Gasteiger partial charge in [0.25, 0.3) is 0 Å². The van der Waals surface area contributed by atoms with Crippen LogP contribution in [-0.4, -0.2) is 19.3 Å². The molecule has 3 nitrogen and oxygen atoms in total. The zero-order valence-corrected chi connectivity index (χ0v) is 12.8. The normalized spacial score (nSPS) is 26.9. The minimum Gasteiger partial charge on any atom is -0.496 e. The van der Waals surface area contributed by atoms with Crippen molar-refractivity contribution in [1.29, 1.82) is 0 Å². The summed E-state index contributed by atoms with van der Waals surface area (Å²) >= 11 is 0. The molecule has 1 fully saturated rings. The Kier molecular flexibility index (Phi) is 4.92. The van der Waals surface area contributed by atoms with E-state index in [4.69, 9.17) is 9.47 Å². The van der Waals surface area contributed by atoms with Crippen LogP contribution in [0.3, 0.4) is 0 Å². The molecule has 20 heavy (non-hydrogen) atoms. The highest BCUT2D eigenvalue weighted by Gasteiger charge is 2.37. The predicted octanol–water partition coefficient (Wildman–Crippen LogP) is 3.88. The van der Waals surface area contributed by atoms with Gasteiger partial charge in [0.15, 0.2) is 0 Å². The van der Waals surface area contributed by atoms with Crippen LogP contribution >= 0.6 is 0 Å². The maximum Gasteiger partial charge on any atom is 0.128 e. The lowest BCUT2D eigenvalue weighted by atomic mass is 9.84. The fourth-order valence-electron chi connectivity index (χ4n) is 3.36. The highest BCUT2D eigenvalue weighted by Crippen LogP contribution is 2.46. The second kappa shape index (κ2) is 6.49. The number of hydrogen-bond acceptors (Lipinski definition) is 3. The lowest BCUT2D eigenvalue weighted by molar-refractivity contribution is 0.0151. The maximum atomic E-state index is 11.2. The zero-order chi connectivity index (χ0) is 14.6. The molecule has 0 bridgehead atoms. The fourth-order valence-corrected chi connectivity index (χ4v) is 3.36. The van der Waals surface area contributed by atoms with E-state index in [1.165, 1.54) is 12.8 Å². The van der Waals surface area contributed by atoms with Crippen LogP contribution in [0.2, 0.25) is 0 Å². The van der Waals surface area contributed by atoms with E-state index in [-0.39, 0.29) is 0 Å². The number of hydrogen-bond donors (Lipinski definition) is 1. The molecule has 0 heterocycles. The smallest absolute Gasteiger partial charge is 0.128 e. The van der Waals surface area contributed by atoms with Gasteiger partial charge in [0.2, 0.25) is 0 Å². The zero-order valence-electron chi connectivity index (χ0n) is 12.8. The van der Waals surface area contributed by atoms with Crippen molar-refractivity contribution in [1.82, 2.24) is 0 Å². The van der Waals surface area contributed by atoms with E-state index in [1.807, 2.05) is 18.2 Å². The number of benzene rings is 1. The third kappa shape index (κ3) is 2.93. The van der Waals surface area contributed by atoms with Gasteiger partial charge >= 0.3 is 0 Å². The van der Waals surface area contributed by atoms with Crippen LogP contribution in [0.15, 0.2) is 18.2 Å². The predicted molar refractivity (Wildman–Crippen MR) is 80.3 cm³/mol. The first-order valence-corrected chi connectivity index (χ1v) is 7.58. The van der Waals surface area contributed by atoms with Gasteiger partial charge in [-0.2, -0.15) is 0 Å². The fraction of sp³-hybridized carbons (Fsp3) is 0.647. The van der Waals surface area contributed by atoms with Crippen LogP contribution in [0, 0.1) is 5.92 Å². The van der Waals surface area contributed by atoms with Crippen LogP contribution in [0.1, 0.15) is 51.0 Å². The average Bonchev–Trinajstić information content (AvgIpc) is 2.68. The molecule has 2 atom stereocenters. The van der Waals surface area contributed by atoms with Gasteiger partial charge < -0.3 is 14.6 Å². The SMILES string of the molecule is CCC1CCCC(O)(c2c(OC)cccc2OC)CC1. The van der Waals surface area contributed by atoms with Crippen molar-refractivity contribution in [2.24, 2.45) is 5.92 Å². The van der Waals surface area contributed by atoms with Gasteiger partial charge in [-0.05, 0) is 43.7 Å². The number of methoxy groups -OCH3 is 2. The van der Waals surface area contributed by atoms with Crippen LogP contribution in [0.4, 0.5) is 0 Å². The summed E-state index contributed by atoms with van der Waals surface area (Å²) in [5.74, 6) is 2.17. The summed E-state index contributed by atoms with van der Waals surface area (Å²) in [5, 5.41) is 11.2. The van der Waals surface area contributed by atoms with Crippen molar-refractivity contribution < 1.29 is 14.6 Å². The van der Waals surface area contributed by atoms with Gasteiger partial charge in [-0.25, -0.2) is 0 Å². The van der Waals surface area contributed by atoms with Gasteiger partial charge in [0.05, 0.1) is 25.4 Å². The highest BCUT2D eigenvalue weighted by molar-refractivity contribution is 5.48. The standard InChI is InChI=1S/C17H26O3/c1-4-13-7-6-11-17(18,12-10-13)16-14(19-2)8-5-9-15(16)20-3/h5,8-9,13,18H,4,6-7,10-12H2,1-3H3. The summed E-state index contributed by atoms with van der Waals surface area (Å²) in [6.45, 7) is 2.23. The van der Waals surface area contributed by atoms with E-state index in [9.17, 15) is 5.11 Å². The van der Waals surface area contributed by atoms with Crippen molar-refractivity contribution >= 4 is 0 Å². The van der Waals surface area contributed by atoms with E-state index in [2.05, 4.69) is 6.92 Å². The Bertz CT molecular complexity index is 422. The van der Waals surface area contributed by atoms with Gasteiger partial charge in [-0.15, -0.1) is 0 Å². The highest BCUT2D eigenvalue weighted by atomic mass is 16.5. The molecule has 2 unspecified atom stereocenters. The topological polar surface area (TPSA) is 38.7 Å². The minimum absolute atomic E-state index is 0.724. The Morgan fingerprint density at radius 3 is 2.35 bits per heavy atom. The molecule has 112 valence electrons. The summed E-state index contributed by atoms with van der Waals surface area (Å²) in [6.07, 6.45) is 6.07. The Morgan fingerprint density at radius 2 is 1.80 bits per heavy atom. The van der Waals surface area contributed by atoms with Crippen molar-refractivity contribution in [3.8, 4) is 11.5 Å². The van der Waals surface area contributed by atoms with Crippen LogP contribution in [0.5, 0.6) is 11.5 Å². The molecular formula is C17H26O3. The lowest BCUT2D eigenvalue weighted by Gasteiger charge is -2.30. The quantitative estimate of drug-likeness (QED) is 0.849. The number of rotatable bonds is 4. The molecule has 1 aromatic rings. The lowest BCUT2D eigenvalue weighted by Crippen LogP contribution is -2.26. The molecule has 1 N–H and O–H groups in total. The molecule has 1 aliphatic carbocycles. The summed E-state index contributed by atoms with van der Waals surface area (Å²) < 4.78 is 10.9. The second-order valence-electron chi connectivity index (χ2n) is 5.77. The number of ether oxygens (including phenoxy) is 2. The van der Waals surface area contributed by atoms with E-state index >= 15 is 0 Å². The average molecular weight is 278 g/mol. The first kappa shape index (κ1) is 15.2. The van der Waals surface area contributed by atoms with E-state index in [0.717, 1.165) is 48.7 Å². The Balaban J connectivity index is 2.38. The second-order valence-corrected chi connectivity index (χ2v) is 5.77. The van der Waals surface area contributed by atoms with Crippen LogP contribution in [0.25, 0.3) is 0 Å². The molecular weight excluding hydrogens is 252 g/mol. The molecule has 2 rings (SSSR count). The van der Waals surface area contributed by atoms with E-state index in [1.54, 1.807) is 14.2 Å². The van der Waals surface area contributed by atoms with E-state index in [0.29, 0.717) is 0 Å². The van der Waals surface area contributed by atoms with Crippen LogP contribution < -0.4 is 9.47 Å². The Labute approximate surface area is 121 Å². The van der Waals surface area contributed by atoms with Crippen molar-refractivity contribution in [3.05, 3.63) is 23.8 Å². The van der Waals surface area contributed by atoms with Crippen LogP contribution in [-0.2, 0) is 5.60 Å². The number of aliphatic hydroxyl groups is 1. The van der Waals surface area contributed by atoms with Crippen molar-refractivity contribution in [3.63, 3.8) is 0 Å². The molecule has 3 heteroatoms. The minimum atomic E-state index is -0.831. The maximum absolute atomic E-state index is 11.2. The summed E-state index contributed by atoms with van der Waals surface area (Å²) in [7, 11) is 3.29. The third-order valence-corrected chi connectivity index (χ3v) is 4.64. The monoisotopic (exact) mass is 278 g/mol. The summed E-state index contributed by atoms with van der Waals surface area (Å²) in [4.78, 5) is 0. The van der Waals surface area contributed by atoms with Crippen molar-refractivity contribution in [2.45, 2.75) is 51.0 Å². The first-order chi connectivity index (χ1) is 9.64. The van der Waals surface area contributed by atoms with Crippen molar-refractivity contribution in [2.75, 3.05) is 14.2 Å². The molecule has 0 radical (unpaired) electrons. The first-order valence-electron chi connectivity index (χ1n) is 7.58. The summed E-state index contributed by atoms with van der Waals surface area (Å²) in [6, 6.07) is 5.70. The molecule has 0 aromatic heterocycles. The Hall–Kier alpha value is -1.22. The third-order valence-electron chi connectivity index (χ3n) is 4.64. The van der Waals surface area contributed by atoms with Gasteiger partial charge in [0.1, 0.15) is 11.5 Å². The summed E-state index contributed by atoms with van der Waals surface area (Å²) in [5.41, 5.74) is -0.0104. The molecule has 1 aliphatic rings. The molecule has 0 spiro atoms. The van der Waals surface area contributed by atoms with E-state index < -0.39 is 5.60 Å². The molecule has 0 aliphatic heterocycles. The molecule has 0 amide bonds. The molecule has 0 saturated heterocycles. The van der Waals surface area contributed by atoms with Gasteiger partial charge in [-0.1, -0.05) is 25.8 Å². The molecule has 1 saturated carbocycles. The largest absolute Gasteiger partial charge is 0.496 e. The van der Waals surface area contributed by atoms with Gasteiger partial charge in [0, 0.05) is 0 Å². The molecule has 1 aromatic carbocycles. The van der Waals surface area contributed by atoms with Gasteiger partial charge in [-0.3, -0.25) is 0 Å². The Morgan fingerprint density at radius 1 is 1.15 bits per heavy atom.